The first-order valence-electron chi connectivity index (χ1n) is 5.77. The van der Waals surface area contributed by atoms with E-state index in [4.69, 9.17) is 5.11 Å². The van der Waals surface area contributed by atoms with Gasteiger partial charge in [0.05, 0.1) is 5.69 Å². The molecule has 0 aliphatic heterocycles. The topological polar surface area (TPSA) is 75.1 Å². The third kappa shape index (κ3) is 2.73. The Bertz CT molecular complexity index is 673. The summed E-state index contributed by atoms with van der Waals surface area (Å²) in [5.74, 6) is -1.36. The zero-order valence-corrected chi connectivity index (χ0v) is 10.3. The minimum atomic E-state index is -0.961. The second-order valence-electron chi connectivity index (χ2n) is 4.21. The summed E-state index contributed by atoms with van der Waals surface area (Å²) in [4.78, 5) is 22.3. The van der Waals surface area contributed by atoms with E-state index in [-0.39, 0.29) is 18.4 Å². The molecule has 0 fully saturated rings. The van der Waals surface area contributed by atoms with Crippen LogP contribution in [0.1, 0.15) is 17.7 Å². The van der Waals surface area contributed by atoms with Crippen molar-refractivity contribution in [2.45, 2.75) is 19.8 Å². The van der Waals surface area contributed by atoms with Gasteiger partial charge in [-0.3, -0.25) is 19.4 Å². The average molecular weight is 264 g/mol. The highest BCUT2D eigenvalue weighted by Crippen LogP contribution is 2.13. The monoisotopic (exact) mass is 264 g/mol. The molecule has 19 heavy (non-hydrogen) atoms. The Morgan fingerprint density at radius 1 is 1.47 bits per heavy atom. The van der Waals surface area contributed by atoms with E-state index < -0.39 is 11.8 Å². The number of benzene rings is 1. The number of aliphatic carboxylic acids is 1. The number of aromatic nitrogens is 2. The highest BCUT2D eigenvalue weighted by Gasteiger charge is 2.13. The summed E-state index contributed by atoms with van der Waals surface area (Å²) in [6.45, 7) is 1.69. The van der Waals surface area contributed by atoms with Crippen LogP contribution in [0.15, 0.2) is 29.1 Å². The van der Waals surface area contributed by atoms with Crippen molar-refractivity contribution < 1.29 is 14.3 Å². The zero-order valence-electron chi connectivity index (χ0n) is 10.3. The van der Waals surface area contributed by atoms with Crippen LogP contribution < -0.4 is 5.56 Å². The number of carboxylic acid groups (broad SMARTS) is 1. The van der Waals surface area contributed by atoms with Gasteiger partial charge < -0.3 is 5.11 Å². The normalized spacial score (nSPS) is 10.6. The summed E-state index contributed by atoms with van der Waals surface area (Å²) in [6, 6.07) is 5.81. The molecule has 0 radical (unpaired) electrons. The van der Waals surface area contributed by atoms with Gasteiger partial charge in [-0.1, -0.05) is 6.07 Å². The first-order chi connectivity index (χ1) is 8.99. The number of hydrogen-bond donors (Lipinski definition) is 2. The number of carbonyl (C=O) groups is 1. The Balaban J connectivity index is 2.41. The van der Waals surface area contributed by atoms with Gasteiger partial charge in [-0.25, -0.2) is 4.39 Å². The molecule has 6 heteroatoms. The minimum absolute atomic E-state index is 0.114. The second kappa shape index (κ2) is 5.09. The van der Waals surface area contributed by atoms with Crippen molar-refractivity contribution in [3.05, 3.63) is 51.7 Å². The van der Waals surface area contributed by atoms with Crippen LogP contribution in [0.2, 0.25) is 0 Å². The Labute approximate surface area is 108 Å². The van der Waals surface area contributed by atoms with Gasteiger partial charge in [0.2, 0.25) is 0 Å². The van der Waals surface area contributed by atoms with Crippen LogP contribution in [0.5, 0.6) is 0 Å². The van der Waals surface area contributed by atoms with E-state index >= 15 is 0 Å². The van der Waals surface area contributed by atoms with E-state index in [2.05, 4.69) is 5.10 Å². The molecule has 0 saturated heterocycles. The van der Waals surface area contributed by atoms with Crippen LogP contribution >= 0.6 is 0 Å². The van der Waals surface area contributed by atoms with Crippen molar-refractivity contribution in [3.8, 4) is 5.69 Å². The number of nitrogens with one attached hydrogen (secondary N) is 1. The van der Waals surface area contributed by atoms with Gasteiger partial charge in [0.15, 0.2) is 0 Å². The summed E-state index contributed by atoms with van der Waals surface area (Å²) in [5, 5.41) is 11.2. The van der Waals surface area contributed by atoms with Gasteiger partial charge in [-0.05, 0) is 31.5 Å². The number of nitrogens with zero attached hydrogens (tertiary/aromatic N) is 1. The van der Waals surface area contributed by atoms with Gasteiger partial charge in [0.1, 0.15) is 5.82 Å². The van der Waals surface area contributed by atoms with Gasteiger partial charge in [0, 0.05) is 17.7 Å². The standard InChI is InChI=1S/C13H13FN2O3/c1-8-11(5-6-12(17)18)13(19)15-16(8)10-4-2-3-9(14)7-10/h2-4,7H,5-6H2,1H3,(H,15,19)(H,17,18). The van der Waals surface area contributed by atoms with E-state index in [1.807, 2.05) is 0 Å². The predicted molar refractivity (Wildman–Crippen MR) is 67.0 cm³/mol. The van der Waals surface area contributed by atoms with Crippen LogP contribution in [-0.2, 0) is 11.2 Å². The van der Waals surface area contributed by atoms with Crippen molar-refractivity contribution in [1.29, 1.82) is 0 Å². The van der Waals surface area contributed by atoms with Gasteiger partial charge >= 0.3 is 5.97 Å². The highest BCUT2D eigenvalue weighted by molar-refractivity contribution is 5.67. The molecular formula is C13H13FN2O3. The lowest BCUT2D eigenvalue weighted by Crippen LogP contribution is -2.09. The molecule has 5 nitrogen and oxygen atoms in total. The van der Waals surface area contributed by atoms with Crippen molar-refractivity contribution >= 4 is 5.97 Å². The van der Waals surface area contributed by atoms with Crippen LogP contribution in [0.4, 0.5) is 4.39 Å². The van der Waals surface area contributed by atoms with Gasteiger partial charge in [-0.2, -0.15) is 0 Å². The van der Waals surface area contributed by atoms with E-state index in [9.17, 15) is 14.0 Å². The molecule has 0 amide bonds. The molecule has 100 valence electrons. The summed E-state index contributed by atoms with van der Waals surface area (Å²) in [7, 11) is 0. The molecule has 2 N–H and O–H groups in total. The van der Waals surface area contributed by atoms with Crippen LogP contribution in [-0.4, -0.2) is 20.9 Å². The predicted octanol–water partition coefficient (Wildman–Crippen LogP) is 1.63. The molecule has 2 aromatic rings. The fourth-order valence-electron chi connectivity index (χ4n) is 1.95. The summed E-state index contributed by atoms with van der Waals surface area (Å²) in [5.41, 5.74) is 1.16. The number of hydrogen-bond acceptors (Lipinski definition) is 2. The Kier molecular flexibility index (Phi) is 3.50. The molecule has 0 atom stereocenters. The van der Waals surface area contributed by atoms with Crippen LogP contribution in [0.25, 0.3) is 5.69 Å². The Morgan fingerprint density at radius 2 is 2.21 bits per heavy atom. The van der Waals surface area contributed by atoms with E-state index in [1.54, 1.807) is 19.1 Å². The van der Waals surface area contributed by atoms with E-state index in [0.29, 0.717) is 16.9 Å². The molecular weight excluding hydrogens is 251 g/mol. The first kappa shape index (κ1) is 13.1. The van der Waals surface area contributed by atoms with Crippen LogP contribution in [0.3, 0.4) is 0 Å². The van der Waals surface area contributed by atoms with Gasteiger partial charge in [-0.15, -0.1) is 0 Å². The summed E-state index contributed by atoms with van der Waals surface area (Å²) in [6.07, 6.45) is 0.0376. The first-order valence-corrected chi connectivity index (χ1v) is 5.77. The molecule has 2 rings (SSSR count). The van der Waals surface area contributed by atoms with Crippen molar-refractivity contribution in [2.24, 2.45) is 0 Å². The molecule has 1 aromatic heterocycles. The minimum Gasteiger partial charge on any atom is -0.481 e. The lowest BCUT2D eigenvalue weighted by Gasteiger charge is -2.05. The quantitative estimate of drug-likeness (QED) is 0.881. The largest absolute Gasteiger partial charge is 0.481 e. The SMILES string of the molecule is Cc1c(CCC(=O)O)c(=O)[nH]n1-c1cccc(F)c1. The smallest absolute Gasteiger partial charge is 0.303 e. The Morgan fingerprint density at radius 3 is 2.84 bits per heavy atom. The molecule has 1 heterocycles. The Hall–Kier alpha value is -2.37. The number of halogens is 1. The second-order valence-corrected chi connectivity index (χ2v) is 4.21. The maximum atomic E-state index is 13.2. The van der Waals surface area contributed by atoms with E-state index in [0.717, 1.165) is 0 Å². The summed E-state index contributed by atoms with van der Waals surface area (Å²) >= 11 is 0. The molecule has 0 saturated carbocycles. The van der Waals surface area contributed by atoms with Crippen LogP contribution in [0, 0.1) is 12.7 Å². The lowest BCUT2D eigenvalue weighted by atomic mass is 10.1. The fraction of sp³-hybridized carbons (Fsp3) is 0.231. The maximum absolute atomic E-state index is 13.2. The van der Waals surface area contributed by atoms with E-state index in [1.165, 1.54) is 16.8 Å². The zero-order chi connectivity index (χ0) is 14.0. The molecule has 0 aliphatic rings. The molecule has 0 bridgehead atoms. The van der Waals surface area contributed by atoms with Gasteiger partial charge in [0.25, 0.3) is 5.56 Å². The number of aromatic amines is 1. The highest BCUT2D eigenvalue weighted by atomic mass is 19.1. The molecule has 1 aromatic carbocycles. The molecule has 0 aliphatic carbocycles. The van der Waals surface area contributed by atoms with Crippen molar-refractivity contribution in [1.82, 2.24) is 9.78 Å². The number of rotatable bonds is 4. The number of carboxylic acids is 1. The average Bonchev–Trinajstić information content (AvgIpc) is 2.62. The lowest BCUT2D eigenvalue weighted by molar-refractivity contribution is -0.136. The third-order valence-electron chi connectivity index (χ3n) is 2.91. The fourth-order valence-corrected chi connectivity index (χ4v) is 1.95. The molecule has 0 unspecified atom stereocenters. The third-order valence-corrected chi connectivity index (χ3v) is 2.91. The molecule has 0 spiro atoms. The summed E-state index contributed by atoms with van der Waals surface area (Å²) < 4.78 is 14.6. The maximum Gasteiger partial charge on any atom is 0.303 e. The van der Waals surface area contributed by atoms with Crippen molar-refractivity contribution in [2.75, 3.05) is 0 Å². The van der Waals surface area contributed by atoms with Crippen molar-refractivity contribution in [3.63, 3.8) is 0 Å². The number of H-pyrrole nitrogens is 1.